The molecule has 0 aromatic carbocycles. The highest BCUT2D eigenvalue weighted by Crippen LogP contribution is 2.57. The number of rotatable bonds is 11. The number of amides is 1. The number of carbonyl (C=O) groups is 5. The molecule has 45 heavy (non-hydrogen) atoms. The Kier molecular flexibility index (Phi) is 11.1. The zero-order chi connectivity index (χ0) is 33.9. The first kappa shape index (κ1) is 36.0. The Bertz CT molecular complexity index is 1260. The second-order valence-corrected chi connectivity index (χ2v) is 12.4. The molecule has 3 aliphatic rings. The first-order valence-corrected chi connectivity index (χ1v) is 15.3. The lowest BCUT2D eigenvalue weighted by Gasteiger charge is -2.41. The molecule has 1 saturated heterocycles. The third-order valence-corrected chi connectivity index (χ3v) is 9.15. The quantitative estimate of drug-likeness (QED) is 0.0374. The standard InChI is InChI=1S/C31H46N2O12/c1-8-10-11-12-13-14-20(35)42-24-22-21(17(4)23(24)43-26(36)16(3)9-2)25-31(40,30(7,39)27(37)44-25)19(41-28(38)33-32)15-29(22,6)45-18(5)34/h9,19,22-25,39-40H,8,10-15,32H2,1-7H3,(H,33,38)/b16-9-/t19-,22+,23-,24-,25-,29-,30+,31+/m0/s1. The van der Waals surface area contributed by atoms with Gasteiger partial charge < -0.3 is 33.9 Å². The lowest BCUT2D eigenvalue weighted by Crippen LogP contribution is -2.65. The van der Waals surface area contributed by atoms with Crippen molar-refractivity contribution in [2.75, 3.05) is 0 Å². The molecular formula is C31H46N2O12. The van der Waals surface area contributed by atoms with E-state index in [9.17, 15) is 34.2 Å². The van der Waals surface area contributed by atoms with E-state index in [2.05, 4.69) is 6.92 Å². The summed E-state index contributed by atoms with van der Waals surface area (Å²) in [4.78, 5) is 64.3. The van der Waals surface area contributed by atoms with Crippen LogP contribution in [0, 0.1) is 5.92 Å². The van der Waals surface area contributed by atoms with E-state index in [0.717, 1.165) is 39.5 Å². The van der Waals surface area contributed by atoms with Crippen molar-refractivity contribution in [3.63, 3.8) is 0 Å². The topological polar surface area (TPSA) is 210 Å². The molecule has 8 atom stereocenters. The van der Waals surface area contributed by atoms with Gasteiger partial charge >= 0.3 is 30.0 Å². The van der Waals surface area contributed by atoms with Gasteiger partial charge in [0.05, 0.1) is 5.92 Å². The molecule has 2 fully saturated rings. The first-order chi connectivity index (χ1) is 21.0. The molecule has 0 spiro atoms. The van der Waals surface area contributed by atoms with Crippen LogP contribution in [0.25, 0.3) is 0 Å². The number of hydrazine groups is 1. The van der Waals surface area contributed by atoms with E-state index >= 15 is 0 Å². The maximum absolute atomic E-state index is 13.3. The van der Waals surface area contributed by atoms with Gasteiger partial charge in [-0.1, -0.05) is 38.7 Å². The number of hydrogen-bond donors (Lipinski definition) is 4. The highest BCUT2D eigenvalue weighted by atomic mass is 16.6. The Morgan fingerprint density at radius 3 is 2.29 bits per heavy atom. The van der Waals surface area contributed by atoms with Crippen LogP contribution < -0.4 is 11.3 Å². The van der Waals surface area contributed by atoms with Crippen molar-refractivity contribution in [2.45, 2.75) is 135 Å². The Morgan fingerprint density at radius 1 is 1.07 bits per heavy atom. The molecule has 2 aliphatic carbocycles. The normalized spacial score (nSPS) is 34.2. The lowest BCUT2D eigenvalue weighted by molar-refractivity contribution is -0.199. The second kappa shape index (κ2) is 13.9. The minimum atomic E-state index is -2.66. The minimum Gasteiger partial charge on any atom is -0.459 e. The largest absolute Gasteiger partial charge is 0.459 e. The van der Waals surface area contributed by atoms with Gasteiger partial charge in [0.15, 0.2) is 29.5 Å². The van der Waals surface area contributed by atoms with E-state index in [4.69, 9.17) is 29.5 Å². The predicted molar refractivity (Wildman–Crippen MR) is 157 cm³/mol. The Morgan fingerprint density at radius 2 is 1.71 bits per heavy atom. The second-order valence-electron chi connectivity index (χ2n) is 12.4. The monoisotopic (exact) mass is 638 g/mol. The van der Waals surface area contributed by atoms with Gasteiger partial charge in [-0.3, -0.25) is 15.0 Å². The van der Waals surface area contributed by atoms with E-state index in [1.165, 1.54) is 26.8 Å². The number of fused-ring (bicyclic) bond motifs is 3. The molecule has 0 bridgehead atoms. The number of hydrogen-bond acceptors (Lipinski definition) is 13. The van der Waals surface area contributed by atoms with Crippen molar-refractivity contribution in [3.05, 3.63) is 22.8 Å². The van der Waals surface area contributed by atoms with Crippen molar-refractivity contribution in [2.24, 2.45) is 11.8 Å². The van der Waals surface area contributed by atoms with Crippen LogP contribution >= 0.6 is 0 Å². The maximum atomic E-state index is 13.3. The van der Waals surface area contributed by atoms with Gasteiger partial charge in [0, 0.05) is 25.3 Å². The van der Waals surface area contributed by atoms with Crippen LogP contribution in [-0.4, -0.2) is 81.4 Å². The average Bonchev–Trinajstić information content (AvgIpc) is 3.30. The summed E-state index contributed by atoms with van der Waals surface area (Å²) in [5.74, 6) is 0.719. The number of esters is 4. The molecule has 14 heteroatoms. The third-order valence-electron chi connectivity index (χ3n) is 9.15. The smallest absolute Gasteiger partial charge is 0.421 e. The van der Waals surface area contributed by atoms with E-state index < -0.39 is 83.5 Å². The molecule has 1 saturated carbocycles. The molecule has 0 aromatic rings. The number of nitrogens with two attached hydrogens (primary N) is 1. The molecule has 252 valence electrons. The number of carbonyl (C=O) groups excluding carboxylic acids is 5. The summed E-state index contributed by atoms with van der Waals surface area (Å²) in [5.41, 5.74) is -4.69. The summed E-state index contributed by atoms with van der Waals surface area (Å²) in [6, 6.07) is 0. The van der Waals surface area contributed by atoms with Gasteiger partial charge in [-0.15, -0.1) is 0 Å². The fourth-order valence-electron chi connectivity index (χ4n) is 6.64. The van der Waals surface area contributed by atoms with Crippen LogP contribution in [0.15, 0.2) is 22.8 Å². The zero-order valence-corrected chi connectivity index (χ0v) is 27.0. The van der Waals surface area contributed by atoms with E-state index in [0.29, 0.717) is 6.42 Å². The Hall–Kier alpha value is -3.49. The summed E-state index contributed by atoms with van der Waals surface area (Å²) in [5, 5.41) is 23.6. The summed E-state index contributed by atoms with van der Waals surface area (Å²) < 4.78 is 28.7. The van der Waals surface area contributed by atoms with Gasteiger partial charge in [-0.25, -0.2) is 20.2 Å². The zero-order valence-electron chi connectivity index (χ0n) is 27.0. The molecule has 3 rings (SSSR count). The number of nitrogens with one attached hydrogen (secondary N) is 1. The molecule has 5 N–H and O–H groups in total. The third kappa shape index (κ3) is 6.73. The molecule has 1 heterocycles. The van der Waals surface area contributed by atoms with Gasteiger partial charge in [-0.2, -0.15) is 0 Å². The first-order valence-electron chi connectivity index (χ1n) is 15.3. The van der Waals surface area contributed by atoms with Crippen LogP contribution in [0.4, 0.5) is 4.79 Å². The fraction of sp³-hybridized carbons (Fsp3) is 0.710. The highest BCUT2D eigenvalue weighted by molar-refractivity contribution is 5.88. The number of allylic oxidation sites excluding steroid dienone is 1. The summed E-state index contributed by atoms with van der Waals surface area (Å²) >= 11 is 0. The highest BCUT2D eigenvalue weighted by Gasteiger charge is 2.76. The molecule has 1 amide bonds. The van der Waals surface area contributed by atoms with Crippen LogP contribution in [0.2, 0.25) is 0 Å². The lowest BCUT2D eigenvalue weighted by atomic mass is 9.75. The van der Waals surface area contributed by atoms with Crippen molar-refractivity contribution in [1.82, 2.24) is 5.43 Å². The van der Waals surface area contributed by atoms with Crippen LogP contribution in [0.5, 0.6) is 0 Å². The van der Waals surface area contributed by atoms with Crippen LogP contribution in [0.1, 0.15) is 93.4 Å². The number of ether oxygens (including phenoxy) is 5. The summed E-state index contributed by atoms with van der Waals surface area (Å²) in [6.07, 6.45) is -1.84. The Balaban J connectivity index is 2.23. The van der Waals surface area contributed by atoms with Crippen molar-refractivity contribution < 1.29 is 57.9 Å². The van der Waals surface area contributed by atoms with Gasteiger partial charge in [0.2, 0.25) is 0 Å². The van der Waals surface area contributed by atoms with Crippen LogP contribution in [-0.2, 0) is 42.9 Å². The number of unbranched alkanes of at least 4 members (excludes halogenated alkanes) is 4. The molecule has 1 aliphatic heterocycles. The van der Waals surface area contributed by atoms with Gasteiger partial charge in [0.1, 0.15) is 11.7 Å². The molecule has 14 nitrogen and oxygen atoms in total. The summed E-state index contributed by atoms with van der Waals surface area (Å²) in [6.45, 7) is 10.4. The Labute approximate surface area is 262 Å². The predicted octanol–water partition coefficient (Wildman–Crippen LogP) is 2.18. The molecule has 0 unspecified atom stereocenters. The van der Waals surface area contributed by atoms with Gasteiger partial charge in [0.25, 0.3) is 0 Å². The van der Waals surface area contributed by atoms with Crippen LogP contribution in [0.3, 0.4) is 0 Å². The van der Waals surface area contributed by atoms with Crippen molar-refractivity contribution in [1.29, 1.82) is 0 Å². The SMILES string of the molecule is C/C=C(/C)C(=O)O[C@H]1C(C)=C2[C@H]([C@@H]1OC(=O)CCCCCCC)[C@@](C)(OC(C)=O)C[C@H](OC(=O)NN)[C@@]1(O)[C@H]2OC(=O)[C@@]1(C)O. The van der Waals surface area contributed by atoms with E-state index in [1.807, 2.05) is 0 Å². The number of aliphatic hydroxyl groups is 2. The molecular weight excluding hydrogens is 592 g/mol. The van der Waals surface area contributed by atoms with Crippen molar-refractivity contribution >= 4 is 30.0 Å². The minimum absolute atomic E-state index is 0.0552. The maximum Gasteiger partial charge on any atom is 0.421 e. The van der Waals surface area contributed by atoms with E-state index in [1.54, 1.807) is 12.3 Å². The average molecular weight is 639 g/mol. The fourth-order valence-corrected chi connectivity index (χ4v) is 6.64. The van der Waals surface area contributed by atoms with Crippen molar-refractivity contribution in [3.8, 4) is 0 Å². The summed E-state index contributed by atoms with van der Waals surface area (Å²) in [7, 11) is 0. The van der Waals surface area contributed by atoms with Gasteiger partial charge in [-0.05, 0) is 52.2 Å². The van der Waals surface area contributed by atoms with E-state index in [-0.39, 0.29) is 23.1 Å². The molecule has 0 radical (unpaired) electrons. The molecule has 0 aromatic heterocycles.